The zero-order valence-corrected chi connectivity index (χ0v) is 22.7. The van der Waals surface area contributed by atoms with Crippen molar-refractivity contribution in [1.29, 1.82) is 0 Å². The number of benzene rings is 2. The number of nitrogens with one attached hydrogen (secondary N) is 1. The van der Waals surface area contributed by atoms with Gasteiger partial charge in [-0.1, -0.05) is 56.0 Å². The predicted molar refractivity (Wildman–Crippen MR) is 149 cm³/mol. The molecule has 204 valence electrons. The van der Waals surface area contributed by atoms with E-state index in [1.54, 1.807) is 0 Å². The Balaban J connectivity index is 1.37. The number of H-pyrrole nitrogens is 1. The first-order valence-corrected chi connectivity index (χ1v) is 14.1. The molecule has 1 atom stereocenters. The SMILES string of the molecule is CC[C@H](c1nnnn1C1CCCCC1)N(Cc1ccc(C)cc1)Cc1cc2cc3c(cc2[nH]c1=O)OCCO3. The van der Waals surface area contributed by atoms with E-state index in [0.717, 1.165) is 36.0 Å². The van der Waals surface area contributed by atoms with Crippen molar-refractivity contribution in [2.45, 2.75) is 77.5 Å². The lowest BCUT2D eigenvalue weighted by molar-refractivity contribution is 0.155. The molecule has 4 aromatic rings. The number of ether oxygens (including phenoxy) is 2. The summed E-state index contributed by atoms with van der Waals surface area (Å²) in [5, 5.41) is 14.0. The van der Waals surface area contributed by atoms with E-state index in [9.17, 15) is 4.79 Å². The maximum absolute atomic E-state index is 13.3. The fourth-order valence-electron chi connectivity index (χ4n) is 5.94. The summed E-state index contributed by atoms with van der Waals surface area (Å²) in [6, 6.07) is 14.7. The molecule has 2 aromatic heterocycles. The molecule has 0 amide bonds. The third kappa shape index (κ3) is 5.41. The molecular formula is C30H36N6O3. The summed E-state index contributed by atoms with van der Waals surface area (Å²) in [5.74, 6) is 2.26. The van der Waals surface area contributed by atoms with Gasteiger partial charge in [-0.15, -0.1) is 5.10 Å². The molecule has 0 radical (unpaired) electrons. The lowest BCUT2D eigenvalue weighted by Gasteiger charge is -2.32. The molecule has 9 nitrogen and oxygen atoms in total. The third-order valence-corrected chi connectivity index (χ3v) is 8.03. The largest absolute Gasteiger partial charge is 0.486 e. The van der Waals surface area contributed by atoms with E-state index >= 15 is 0 Å². The van der Waals surface area contributed by atoms with Crippen molar-refractivity contribution in [1.82, 2.24) is 30.1 Å². The zero-order valence-electron chi connectivity index (χ0n) is 22.7. The van der Waals surface area contributed by atoms with Gasteiger partial charge in [0, 0.05) is 30.1 Å². The first-order chi connectivity index (χ1) is 19.1. The lowest BCUT2D eigenvalue weighted by atomic mass is 9.95. The third-order valence-electron chi connectivity index (χ3n) is 8.03. The number of hydrogen-bond donors (Lipinski definition) is 1. The summed E-state index contributed by atoms with van der Waals surface area (Å²) in [5.41, 5.74) is 3.74. The van der Waals surface area contributed by atoms with E-state index in [-0.39, 0.29) is 11.6 Å². The molecule has 6 rings (SSSR count). The fourth-order valence-corrected chi connectivity index (χ4v) is 5.94. The number of hydrogen-bond acceptors (Lipinski definition) is 7. The molecule has 0 unspecified atom stereocenters. The average molecular weight is 529 g/mol. The maximum atomic E-state index is 13.3. The molecule has 0 bridgehead atoms. The Labute approximate surface area is 228 Å². The summed E-state index contributed by atoms with van der Waals surface area (Å²) in [6.45, 7) is 6.43. The van der Waals surface area contributed by atoms with Crippen LogP contribution in [-0.2, 0) is 13.1 Å². The van der Waals surface area contributed by atoms with Crippen LogP contribution in [0.25, 0.3) is 10.9 Å². The van der Waals surface area contributed by atoms with Gasteiger partial charge >= 0.3 is 0 Å². The van der Waals surface area contributed by atoms with Gasteiger partial charge < -0.3 is 14.5 Å². The Morgan fingerprint density at radius 2 is 1.77 bits per heavy atom. The highest BCUT2D eigenvalue weighted by atomic mass is 16.6. The number of aryl methyl sites for hydroxylation is 1. The predicted octanol–water partition coefficient (Wildman–Crippen LogP) is 5.25. The molecule has 1 fully saturated rings. The van der Waals surface area contributed by atoms with Crippen molar-refractivity contribution in [3.05, 3.63) is 75.3 Å². The van der Waals surface area contributed by atoms with Gasteiger partial charge in [0.05, 0.1) is 17.6 Å². The van der Waals surface area contributed by atoms with Crippen LogP contribution in [0.1, 0.15) is 80.0 Å². The van der Waals surface area contributed by atoms with Gasteiger partial charge in [0.2, 0.25) is 0 Å². The molecule has 39 heavy (non-hydrogen) atoms. The Morgan fingerprint density at radius 1 is 1.03 bits per heavy atom. The monoisotopic (exact) mass is 528 g/mol. The van der Waals surface area contributed by atoms with E-state index in [0.29, 0.717) is 49.4 Å². The van der Waals surface area contributed by atoms with Gasteiger partial charge in [-0.05, 0) is 54.3 Å². The molecule has 0 saturated heterocycles. The molecule has 1 N–H and O–H groups in total. The van der Waals surface area contributed by atoms with Gasteiger partial charge in [-0.2, -0.15) is 0 Å². The van der Waals surface area contributed by atoms with Crippen molar-refractivity contribution in [2.75, 3.05) is 13.2 Å². The highest BCUT2D eigenvalue weighted by Gasteiger charge is 2.29. The van der Waals surface area contributed by atoms with Crippen molar-refractivity contribution in [2.24, 2.45) is 0 Å². The van der Waals surface area contributed by atoms with Crippen LogP contribution in [-0.4, -0.2) is 43.3 Å². The molecule has 9 heteroatoms. The van der Waals surface area contributed by atoms with Gasteiger partial charge in [0.1, 0.15) is 13.2 Å². The highest BCUT2D eigenvalue weighted by Crippen LogP contribution is 2.35. The van der Waals surface area contributed by atoms with Crippen molar-refractivity contribution in [3.8, 4) is 11.5 Å². The molecule has 2 aliphatic rings. The minimum Gasteiger partial charge on any atom is -0.486 e. The summed E-state index contributed by atoms with van der Waals surface area (Å²) >= 11 is 0. The summed E-state index contributed by atoms with van der Waals surface area (Å²) in [7, 11) is 0. The number of aromatic nitrogens is 5. The van der Waals surface area contributed by atoms with E-state index in [1.807, 2.05) is 18.2 Å². The van der Waals surface area contributed by atoms with Gasteiger partial charge in [-0.3, -0.25) is 9.69 Å². The topological polar surface area (TPSA) is 98.2 Å². The van der Waals surface area contributed by atoms with E-state index < -0.39 is 0 Å². The summed E-state index contributed by atoms with van der Waals surface area (Å²) in [6.07, 6.45) is 6.72. The van der Waals surface area contributed by atoms with E-state index in [4.69, 9.17) is 9.47 Å². The second-order valence-electron chi connectivity index (χ2n) is 10.8. The molecule has 3 heterocycles. The van der Waals surface area contributed by atoms with Crippen LogP contribution in [0.3, 0.4) is 0 Å². The molecular weight excluding hydrogens is 492 g/mol. The molecule has 1 aliphatic heterocycles. The molecule has 2 aromatic carbocycles. The molecule has 0 spiro atoms. The average Bonchev–Trinajstić information content (AvgIpc) is 3.44. The minimum absolute atomic E-state index is 0.0430. The number of tetrazole rings is 1. The molecule has 1 saturated carbocycles. The van der Waals surface area contributed by atoms with Crippen molar-refractivity contribution >= 4 is 10.9 Å². The Bertz CT molecular complexity index is 1490. The van der Waals surface area contributed by atoms with Crippen LogP contribution >= 0.6 is 0 Å². The van der Waals surface area contributed by atoms with Crippen LogP contribution in [0.5, 0.6) is 11.5 Å². The normalized spacial score (nSPS) is 16.6. The van der Waals surface area contributed by atoms with Crippen LogP contribution < -0.4 is 15.0 Å². The first kappa shape index (κ1) is 25.6. The van der Waals surface area contributed by atoms with Crippen LogP contribution in [0.15, 0.2) is 47.3 Å². The summed E-state index contributed by atoms with van der Waals surface area (Å²) in [4.78, 5) is 18.8. The number of fused-ring (bicyclic) bond motifs is 2. The van der Waals surface area contributed by atoms with Gasteiger partial charge in [-0.25, -0.2) is 4.68 Å². The van der Waals surface area contributed by atoms with E-state index in [2.05, 4.69) is 68.2 Å². The van der Waals surface area contributed by atoms with Crippen molar-refractivity contribution in [3.63, 3.8) is 0 Å². The fraction of sp³-hybridized carbons (Fsp3) is 0.467. The Kier molecular flexibility index (Phi) is 7.32. The number of nitrogens with zero attached hydrogens (tertiary/aromatic N) is 5. The zero-order chi connectivity index (χ0) is 26.8. The van der Waals surface area contributed by atoms with E-state index in [1.165, 1.54) is 30.4 Å². The highest BCUT2D eigenvalue weighted by molar-refractivity contribution is 5.83. The van der Waals surface area contributed by atoms with Gasteiger partial charge in [0.15, 0.2) is 17.3 Å². The number of aromatic amines is 1. The minimum atomic E-state index is -0.102. The second-order valence-corrected chi connectivity index (χ2v) is 10.8. The quantitative estimate of drug-likeness (QED) is 0.333. The maximum Gasteiger partial charge on any atom is 0.252 e. The lowest BCUT2D eigenvalue weighted by Crippen LogP contribution is -2.33. The number of rotatable bonds is 8. The Morgan fingerprint density at radius 3 is 2.51 bits per heavy atom. The molecule has 1 aliphatic carbocycles. The smallest absolute Gasteiger partial charge is 0.252 e. The first-order valence-electron chi connectivity index (χ1n) is 14.1. The summed E-state index contributed by atoms with van der Waals surface area (Å²) < 4.78 is 13.6. The van der Waals surface area contributed by atoms with Crippen LogP contribution in [0.4, 0.5) is 0 Å². The van der Waals surface area contributed by atoms with Crippen molar-refractivity contribution < 1.29 is 9.47 Å². The van der Waals surface area contributed by atoms with Gasteiger partial charge in [0.25, 0.3) is 5.56 Å². The number of pyridine rings is 1. The Hall–Kier alpha value is -3.72. The van der Waals surface area contributed by atoms with Crippen LogP contribution in [0.2, 0.25) is 0 Å². The standard InChI is InChI=1S/C30H36N6O3/c1-3-26(29-32-33-34-36(29)24-7-5-4-6-8-24)35(18-21-11-9-20(2)10-12-21)19-23-15-22-16-27-28(39-14-13-38-27)17-25(22)31-30(23)37/h9-12,15-17,24,26H,3-8,13-14,18-19H2,1-2H3,(H,31,37)/t26-/m1/s1. The van der Waals surface area contributed by atoms with Crippen LogP contribution in [0, 0.1) is 6.92 Å². The second kappa shape index (κ2) is 11.2.